The number of rotatable bonds is 3. The second kappa shape index (κ2) is 5.46. The minimum Gasteiger partial charge on any atom is -0.323 e. The van der Waals surface area contributed by atoms with Gasteiger partial charge in [-0.2, -0.15) is 5.26 Å². The minimum absolute atomic E-state index is 0.0281. The van der Waals surface area contributed by atoms with Gasteiger partial charge >= 0.3 is 0 Å². The van der Waals surface area contributed by atoms with Crippen molar-refractivity contribution in [1.82, 2.24) is 14.8 Å². The van der Waals surface area contributed by atoms with Crippen LogP contribution in [0.2, 0.25) is 5.02 Å². The van der Waals surface area contributed by atoms with Gasteiger partial charge in [0.15, 0.2) is 0 Å². The topological polar surface area (TPSA) is 83.6 Å². The molecule has 0 saturated heterocycles. The van der Waals surface area contributed by atoms with Gasteiger partial charge in [-0.15, -0.1) is 10.2 Å². The van der Waals surface area contributed by atoms with E-state index in [-0.39, 0.29) is 17.4 Å². The van der Waals surface area contributed by atoms with Crippen LogP contribution in [0.1, 0.15) is 5.82 Å². The molecule has 0 saturated carbocycles. The second-order valence-electron chi connectivity index (χ2n) is 3.57. The van der Waals surface area contributed by atoms with Crippen LogP contribution >= 0.6 is 11.6 Å². The number of nitrogens with zero attached hydrogens (tertiary/aromatic N) is 4. The molecule has 0 atom stereocenters. The number of benzene rings is 1. The SMILES string of the molecule is N#Cc1nncn1CC(=O)Nc1ccc(F)cc1Cl. The number of nitrogens with one attached hydrogen (secondary N) is 1. The van der Waals surface area contributed by atoms with Crippen molar-refractivity contribution in [3.05, 3.63) is 41.2 Å². The van der Waals surface area contributed by atoms with Gasteiger partial charge < -0.3 is 5.32 Å². The quantitative estimate of drug-likeness (QED) is 0.924. The van der Waals surface area contributed by atoms with Crippen molar-refractivity contribution in [1.29, 1.82) is 5.26 Å². The van der Waals surface area contributed by atoms with Crippen molar-refractivity contribution >= 4 is 23.2 Å². The van der Waals surface area contributed by atoms with E-state index in [1.54, 1.807) is 6.07 Å². The highest BCUT2D eigenvalue weighted by molar-refractivity contribution is 6.33. The van der Waals surface area contributed by atoms with Crippen molar-refractivity contribution in [2.24, 2.45) is 0 Å². The third-order valence-electron chi connectivity index (χ3n) is 2.23. The Hall–Kier alpha value is -2.46. The Bertz CT molecular complexity index is 663. The fourth-order valence-corrected chi connectivity index (χ4v) is 1.61. The van der Waals surface area contributed by atoms with Gasteiger partial charge in [0, 0.05) is 0 Å². The van der Waals surface area contributed by atoms with Gasteiger partial charge in [-0.05, 0) is 18.2 Å². The predicted octanol–water partition coefficient (Wildman–Crippen LogP) is 1.58. The Labute approximate surface area is 112 Å². The number of aromatic nitrogens is 3. The van der Waals surface area contributed by atoms with Crippen molar-refractivity contribution in [3.63, 3.8) is 0 Å². The molecule has 6 nitrogen and oxygen atoms in total. The average molecular weight is 280 g/mol. The maximum absolute atomic E-state index is 12.8. The first-order valence-corrected chi connectivity index (χ1v) is 5.51. The minimum atomic E-state index is -0.492. The van der Waals surface area contributed by atoms with Crippen LogP contribution in [0.5, 0.6) is 0 Å². The lowest BCUT2D eigenvalue weighted by Crippen LogP contribution is -2.19. The summed E-state index contributed by atoms with van der Waals surface area (Å²) in [6.45, 7) is -0.135. The number of carbonyl (C=O) groups excluding carboxylic acids is 1. The molecule has 0 spiro atoms. The summed E-state index contributed by atoms with van der Waals surface area (Å²) in [5.41, 5.74) is 0.291. The molecule has 0 aliphatic heterocycles. The molecule has 1 aromatic heterocycles. The van der Waals surface area contributed by atoms with Crippen molar-refractivity contribution in [2.75, 3.05) is 5.32 Å². The number of halogens is 2. The van der Waals surface area contributed by atoms with Gasteiger partial charge in [-0.1, -0.05) is 11.6 Å². The zero-order valence-electron chi connectivity index (χ0n) is 9.47. The first-order valence-electron chi connectivity index (χ1n) is 5.13. The molecule has 0 aliphatic rings. The van der Waals surface area contributed by atoms with E-state index in [1.165, 1.54) is 23.0 Å². The first-order chi connectivity index (χ1) is 9.10. The van der Waals surface area contributed by atoms with Gasteiger partial charge in [-0.25, -0.2) is 4.39 Å². The smallest absolute Gasteiger partial charge is 0.244 e. The molecule has 0 fully saturated rings. The molecule has 0 aliphatic carbocycles. The largest absolute Gasteiger partial charge is 0.323 e. The van der Waals surface area contributed by atoms with Crippen LogP contribution in [0, 0.1) is 17.1 Å². The third kappa shape index (κ3) is 3.05. The van der Waals surface area contributed by atoms with E-state index in [9.17, 15) is 9.18 Å². The summed E-state index contributed by atoms with van der Waals surface area (Å²) in [5.74, 6) is -0.890. The number of carbonyl (C=O) groups is 1. The average Bonchev–Trinajstić information content (AvgIpc) is 2.80. The summed E-state index contributed by atoms with van der Waals surface area (Å²) < 4.78 is 14.1. The van der Waals surface area contributed by atoms with Crippen LogP contribution in [0.3, 0.4) is 0 Å². The maximum Gasteiger partial charge on any atom is 0.244 e. The lowest BCUT2D eigenvalue weighted by molar-refractivity contribution is -0.116. The molecule has 0 radical (unpaired) electrons. The summed E-state index contributed by atoms with van der Waals surface area (Å²) in [6, 6.07) is 5.43. The highest BCUT2D eigenvalue weighted by Gasteiger charge is 2.10. The fourth-order valence-electron chi connectivity index (χ4n) is 1.39. The molecule has 1 amide bonds. The van der Waals surface area contributed by atoms with Gasteiger partial charge in [0.25, 0.3) is 0 Å². The number of amides is 1. The van der Waals surface area contributed by atoms with Crippen LogP contribution in [0.25, 0.3) is 0 Å². The summed E-state index contributed by atoms with van der Waals surface area (Å²) in [4.78, 5) is 11.7. The summed E-state index contributed by atoms with van der Waals surface area (Å²) >= 11 is 5.78. The van der Waals surface area contributed by atoms with Crippen LogP contribution in [0.4, 0.5) is 10.1 Å². The van der Waals surface area contributed by atoms with E-state index in [4.69, 9.17) is 16.9 Å². The predicted molar refractivity (Wildman–Crippen MR) is 64.8 cm³/mol. The number of nitriles is 1. The summed E-state index contributed by atoms with van der Waals surface area (Å²) in [6.07, 6.45) is 1.27. The molecule has 1 aromatic carbocycles. The van der Waals surface area contributed by atoms with Crippen LogP contribution < -0.4 is 5.32 Å². The summed E-state index contributed by atoms with van der Waals surface area (Å²) in [7, 11) is 0. The van der Waals surface area contributed by atoms with E-state index in [0.717, 1.165) is 6.07 Å². The third-order valence-corrected chi connectivity index (χ3v) is 2.55. The zero-order valence-corrected chi connectivity index (χ0v) is 10.2. The van der Waals surface area contributed by atoms with Crippen LogP contribution in [-0.2, 0) is 11.3 Å². The van der Waals surface area contributed by atoms with Gasteiger partial charge in [0.2, 0.25) is 11.7 Å². The Balaban J connectivity index is 2.08. The molecule has 96 valence electrons. The van der Waals surface area contributed by atoms with E-state index in [0.29, 0.717) is 5.69 Å². The Morgan fingerprint density at radius 1 is 1.58 bits per heavy atom. The van der Waals surface area contributed by atoms with Crippen LogP contribution in [-0.4, -0.2) is 20.7 Å². The number of hydrogen-bond acceptors (Lipinski definition) is 4. The zero-order chi connectivity index (χ0) is 13.8. The highest BCUT2D eigenvalue weighted by Crippen LogP contribution is 2.22. The molecule has 2 aromatic rings. The molecule has 1 N–H and O–H groups in total. The molecule has 2 rings (SSSR count). The number of anilines is 1. The molecular formula is C11H7ClFN5O. The lowest BCUT2D eigenvalue weighted by atomic mass is 10.3. The standard InChI is InChI=1S/C11H7ClFN5O/c12-8-3-7(13)1-2-9(8)16-11(19)5-18-6-15-17-10(18)4-14/h1-3,6H,5H2,(H,16,19). The Kier molecular flexibility index (Phi) is 3.73. The molecular weight excluding hydrogens is 273 g/mol. The number of hydrogen-bond donors (Lipinski definition) is 1. The van der Waals surface area contributed by atoms with Gasteiger partial charge in [0.1, 0.15) is 24.8 Å². The normalized spacial score (nSPS) is 9.95. The van der Waals surface area contributed by atoms with E-state index >= 15 is 0 Å². The Morgan fingerprint density at radius 2 is 2.37 bits per heavy atom. The van der Waals surface area contributed by atoms with E-state index < -0.39 is 11.7 Å². The van der Waals surface area contributed by atoms with Crippen molar-refractivity contribution in [2.45, 2.75) is 6.54 Å². The molecule has 8 heteroatoms. The van der Waals surface area contributed by atoms with Gasteiger partial charge in [-0.3, -0.25) is 9.36 Å². The Morgan fingerprint density at radius 3 is 3.05 bits per heavy atom. The lowest BCUT2D eigenvalue weighted by Gasteiger charge is -2.07. The van der Waals surface area contributed by atoms with Crippen molar-refractivity contribution in [3.8, 4) is 6.07 Å². The molecule has 1 heterocycles. The fraction of sp³-hybridized carbons (Fsp3) is 0.0909. The monoisotopic (exact) mass is 279 g/mol. The summed E-state index contributed by atoms with van der Waals surface area (Å²) in [5, 5.41) is 18.4. The molecule has 0 bridgehead atoms. The van der Waals surface area contributed by atoms with Crippen LogP contribution in [0.15, 0.2) is 24.5 Å². The maximum atomic E-state index is 12.8. The molecule has 19 heavy (non-hydrogen) atoms. The van der Waals surface area contributed by atoms with E-state index in [1.807, 2.05) is 0 Å². The highest BCUT2D eigenvalue weighted by atomic mass is 35.5. The van der Waals surface area contributed by atoms with Gasteiger partial charge in [0.05, 0.1) is 10.7 Å². The second-order valence-corrected chi connectivity index (χ2v) is 3.97. The van der Waals surface area contributed by atoms with Crippen molar-refractivity contribution < 1.29 is 9.18 Å². The molecule has 0 unspecified atom stereocenters. The first kappa shape index (κ1) is 13.0. The van der Waals surface area contributed by atoms with E-state index in [2.05, 4.69) is 15.5 Å².